The molecule has 0 aliphatic carbocycles. The fourth-order valence-corrected chi connectivity index (χ4v) is 2.74. The van der Waals surface area contributed by atoms with E-state index >= 15 is 0 Å². The molecule has 0 radical (unpaired) electrons. The van der Waals surface area contributed by atoms with Crippen LogP contribution in [0.4, 0.5) is 5.95 Å². The van der Waals surface area contributed by atoms with Crippen molar-refractivity contribution in [1.29, 1.82) is 0 Å². The molecule has 4 aromatic rings. The number of H-pyrrole nitrogens is 1. The van der Waals surface area contributed by atoms with Crippen molar-refractivity contribution in [1.82, 2.24) is 19.9 Å². The fraction of sp³-hybridized carbons (Fsp3) is 0.0556. The Labute approximate surface area is 148 Å². The SMILES string of the molecule is Nc1nccc(-c2c[nH]c3nccc(OCc4ccc(Cl)cc4)c23)n1. The van der Waals surface area contributed by atoms with Crippen LogP contribution in [0.3, 0.4) is 0 Å². The van der Waals surface area contributed by atoms with Crippen molar-refractivity contribution in [2.45, 2.75) is 6.61 Å². The van der Waals surface area contributed by atoms with Crippen LogP contribution in [0, 0.1) is 0 Å². The smallest absolute Gasteiger partial charge is 0.220 e. The van der Waals surface area contributed by atoms with Crippen LogP contribution in [0.25, 0.3) is 22.3 Å². The van der Waals surface area contributed by atoms with Gasteiger partial charge in [-0.3, -0.25) is 0 Å². The summed E-state index contributed by atoms with van der Waals surface area (Å²) in [5.41, 5.74) is 9.03. The molecule has 0 aliphatic rings. The van der Waals surface area contributed by atoms with Crippen molar-refractivity contribution >= 4 is 28.6 Å². The number of fused-ring (bicyclic) bond motifs is 1. The lowest BCUT2D eigenvalue weighted by Crippen LogP contribution is -1.97. The monoisotopic (exact) mass is 351 g/mol. The summed E-state index contributed by atoms with van der Waals surface area (Å²) >= 11 is 5.92. The summed E-state index contributed by atoms with van der Waals surface area (Å²) in [5.74, 6) is 0.938. The van der Waals surface area contributed by atoms with Crippen LogP contribution in [-0.4, -0.2) is 19.9 Å². The third-order valence-corrected chi connectivity index (χ3v) is 4.05. The highest BCUT2D eigenvalue weighted by Gasteiger charge is 2.14. The molecule has 0 bridgehead atoms. The summed E-state index contributed by atoms with van der Waals surface area (Å²) in [7, 11) is 0. The molecule has 0 atom stereocenters. The van der Waals surface area contributed by atoms with E-state index in [4.69, 9.17) is 22.1 Å². The molecule has 6 nitrogen and oxygen atoms in total. The van der Waals surface area contributed by atoms with Crippen molar-refractivity contribution < 1.29 is 4.74 Å². The Bertz CT molecular complexity index is 1030. The standard InChI is InChI=1S/C18H14ClN5O/c19-12-3-1-11(2-4-12)10-25-15-6-8-21-17-16(15)13(9-23-17)14-5-7-22-18(20)24-14/h1-9H,10H2,(H,21,23)(H2,20,22,24). The van der Waals surface area contributed by atoms with Crippen LogP contribution in [0.1, 0.15) is 5.56 Å². The number of nitrogens with one attached hydrogen (secondary N) is 1. The van der Waals surface area contributed by atoms with Gasteiger partial charge in [0.2, 0.25) is 5.95 Å². The molecule has 0 spiro atoms. The Morgan fingerprint density at radius 1 is 1.04 bits per heavy atom. The largest absolute Gasteiger partial charge is 0.488 e. The lowest BCUT2D eigenvalue weighted by Gasteiger charge is -2.09. The molecule has 0 amide bonds. The number of halogens is 1. The molecule has 25 heavy (non-hydrogen) atoms. The minimum absolute atomic E-state index is 0.222. The summed E-state index contributed by atoms with van der Waals surface area (Å²) in [6.45, 7) is 0.423. The topological polar surface area (TPSA) is 89.7 Å². The van der Waals surface area contributed by atoms with E-state index < -0.39 is 0 Å². The first-order chi connectivity index (χ1) is 12.2. The van der Waals surface area contributed by atoms with E-state index in [9.17, 15) is 0 Å². The van der Waals surface area contributed by atoms with E-state index in [0.717, 1.165) is 22.2 Å². The number of benzene rings is 1. The van der Waals surface area contributed by atoms with Crippen molar-refractivity contribution in [2.24, 2.45) is 0 Å². The van der Waals surface area contributed by atoms with Gasteiger partial charge >= 0.3 is 0 Å². The average Bonchev–Trinajstić information content (AvgIpc) is 3.06. The van der Waals surface area contributed by atoms with Gasteiger partial charge in [0.1, 0.15) is 18.0 Å². The first kappa shape index (κ1) is 15.4. The Morgan fingerprint density at radius 3 is 2.64 bits per heavy atom. The second kappa shape index (κ2) is 6.41. The van der Waals surface area contributed by atoms with Gasteiger partial charge in [0.15, 0.2) is 0 Å². The number of nitrogens with zero attached hydrogens (tertiary/aromatic N) is 3. The summed E-state index contributed by atoms with van der Waals surface area (Å²) in [6, 6.07) is 11.2. The minimum atomic E-state index is 0.222. The van der Waals surface area contributed by atoms with Gasteiger partial charge in [-0.2, -0.15) is 0 Å². The fourth-order valence-electron chi connectivity index (χ4n) is 2.61. The number of nitrogen functional groups attached to an aromatic ring is 1. The van der Waals surface area contributed by atoms with Crippen LogP contribution in [-0.2, 0) is 6.61 Å². The molecule has 0 saturated carbocycles. The number of aromatic amines is 1. The van der Waals surface area contributed by atoms with Crippen LogP contribution in [0.2, 0.25) is 5.02 Å². The number of hydrogen-bond donors (Lipinski definition) is 2. The maximum absolute atomic E-state index is 6.02. The molecule has 3 heterocycles. The van der Waals surface area contributed by atoms with Gasteiger partial charge in [-0.05, 0) is 29.8 Å². The summed E-state index contributed by atoms with van der Waals surface area (Å²) < 4.78 is 6.02. The summed E-state index contributed by atoms with van der Waals surface area (Å²) in [6.07, 6.45) is 5.17. The maximum atomic E-state index is 6.02. The van der Waals surface area contributed by atoms with Gasteiger partial charge in [0.25, 0.3) is 0 Å². The molecule has 0 unspecified atom stereocenters. The Balaban J connectivity index is 1.71. The average molecular weight is 352 g/mol. The molecule has 3 N–H and O–H groups in total. The van der Waals surface area contributed by atoms with E-state index in [-0.39, 0.29) is 5.95 Å². The van der Waals surface area contributed by atoms with Crippen LogP contribution >= 0.6 is 11.6 Å². The van der Waals surface area contributed by atoms with E-state index in [1.54, 1.807) is 18.5 Å². The highest BCUT2D eigenvalue weighted by atomic mass is 35.5. The van der Waals surface area contributed by atoms with Gasteiger partial charge in [0.05, 0.1) is 11.1 Å². The molecular formula is C18H14ClN5O. The van der Waals surface area contributed by atoms with Crippen molar-refractivity contribution in [3.05, 3.63) is 65.6 Å². The number of aromatic nitrogens is 4. The molecule has 3 aromatic heterocycles. The first-order valence-corrected chi connectivity index (χ1v) is 8.01. The van der Waals surface area contributed by atoms with Gasteiger partial charge in [-0.15, -0.1) is 0 Å². The van der Waals surface area contributed by atoms with Gasteiger partial charge < -0.3 is 15.5 Å². The lowest BCUT2D eigenvalue weighted by molar-refractivity contribution is 0.310. The molecule has 0 fully saturated rings. The number of ether oxygens (including phenoxy) is 1. The van der Waals surface area contributed by atoms with Gasteiger partial charge in [-0.25, -0.2) is 15.0 Å². The molecular weight excluding hydrogens is 338 g/mol. The summed E-state index contributed by atoms with van der Waals surface area (Å²) in [5, 5.41) is 1.55. The van der Waals surface area contributed by atoms with Crippen molar-refractivity contribution in [2.75, 3.05) is 5.73 Å². The quantitative estimate of drug-likeness (QED) is 0.583. The highest BCUT2D eigenvalue weighted by molar-refractivity contribution is 6.30. The second-order valence-corrected chi connectivity index (χ2v) is 5.89. The second-order valence-electron chi connectivity index (χ2n) is 5.45. The Kier molecular flexibility index (Phi) is 3.95. The third-order valence-electron chi connectivity index (χ3n) is 3.79. The van der Waals surface area contributed by atoms with Crippen molar-refractivity contribution in [3.63, 3.8) is 0 Å². The van der Waals surface area contributed by atoms with Crippen LogP contribution in [0.5, 0.6) is 5.75 Å². The number of hydrogen-bond acceptors (Lipinski definition) is 5. The Hall–Kier alpha value is -3.12. The van der Waals surface area contributed by atoms with Crippen molar-refractivity contribution in [3.8, 4) is 17.0 Å². The zero-order chi connectivity index (χ0) is 17.2. The number of anilines is 1. The number of nitrogens with two attached hydrogens (primary N) is 1. The van der Waals surface area contributed by atoms with E-state index in [1.807, 2.05) is 36.5 Å². The van der Waals surface area contributed by atoms with Gasteiger partial charge in [0, 0.05) is 29.2 Å². The molecule has 0 aliphatic heterocycles. The van der Waals surface area contributed by atoms with Crippen LogP contribution < -0.4 is 10.5 Å². The van der Waals surface area contributed by atoms with E-state index in [0.29, 0.717) is 23.1 Å². The maximum Gasteiger partial charge on any atom is 0.220 e. The zero-order valence-corrected chi connectivity index (χ0v) is 13.9. The molecule has 4 rings (SSSR count). The number of pyridine rings is 1. The zero-order valence-electron chi connectivity index (χ0n) is 13.1. The summed E-state index contributed by atoms with van der Waals surface area (Å²) in [4.78, 5) is 15.7. The predicted octanol–water partition coefficient (Wildman–Crippen LogP) is 3.83. The predicted molar refractivity (Wildman–Crippen MR) is 97.3 cm³/mol. The van der Waals surface area contributed by atoms with Gasteiger partial charge in [-0.1, -0.05) is 23.7 Å². The molecule has 124 valence electrons. The van der Waals surface area contributed by atoms with E-state index in [2.05, 4.69) is 19.9 Å². The first-order valence-electron chi connectivity index (χ1n) is 7.63. The lowest BCUT2D eigenvalue weighted by atomic mass is 10.1. The van der Waals surface area contributed by atoms with Crippen LogP contribution in [0.15, 0.2) is 55.0 Å². The minimum Gasteiger partial charge on any atom is -0.488 e. The normalized spacial score (nSPS) is 10.9. The van der Waals surface area contributed by atoms with E-state index in [1.165, 1.54) is 0 Å². The number of rotatable bonds is 4. The Morgan fingerprint density at radius 2 is 1.84 bits per heavy atom. The molecule has 1 aromatic carbocycles. The third kappa shape index (κ3) is 3.12. The molecule has 0 saturated heterocycles. The molecule has 7 heteroatoms. The highest BCUT2D eigenvalue weighted by Crippen LogP contribution is 2.33.